The zero-order chi connectivity index (χ0) is 25.4. The van der Waals surface area contributed by atoms with E-state index in [0.29, 0.717) is 11.8 Å². The van der Waals surface area contributed by atoms with Crippen molar-refractivity contribution in [1.29, 1.82) is 0 Å². The second-order valence-electron chi connectivity index (χ2n) is 12.0. The van der Waals surface area contributed by atoms with Crippen LogP contribution in [0.25, 0.3) is 0 Å². The average molecular weight is 490 g/mol. The molecule has 0 amide bonds. The Bertz CT molecular complexity index is 963. The van der Waals surface area contributed by atoms with E-state index >= 15 is 0 Å². The van der Waals surface area contributed by atoms with E-state index < -0.39 is 0 Å². The second kappa shape index (κ2) is 13.0. The first-order valence-corrected chi connectivity index (χ1v) is 14.6. The Hall–Kier alpha value is -1.93. The summed E-state index contributed by atoms with van der Waals surface area (Å²) in [6.45, 7) is 8.88. The van der Waals surface area contributed by atoms with E-state index in [1.54, 1.807) is 17.2 Å². The molecule has 196 valence electrons. The van der Waals surface area contributed by atoms with E-state index in [9.17, 15) is 4.39 Å². The fraction of sp³-hybridized carbons (Fsp3) is 0.588. The summed E-state index contributed by atoms with van der Waals surface area (Å²) in [5, 5.41) is 0. The second-order valence-corrected chi connectivity index (χ2v) is 12.0. The fourth-order valence-corrected chi connectivity index (χ4v) is 6.52. The molecule has 1 saturated carbocycles. The van der Waals surface area contributed by atoms with Gasteiger partial charge in [0, 0.05) is 6.42 Å². The maximum Gasteiger partial charge on any atom is 0.100 e. The van der Waals surface area contributed by atoms with Gasteiger partial charge in [-0.3, -0.25) is 0 Å². The Morgan fingerprint density at radius 3 is 2.61 bits per heavy atom. The molecule has 1 nitrogen and oxygen atoms in total. The highest BCUT2D eigenvalue weighted by atomic mass is 19.1. The quantitative estimate of drug-likeness (QED) is 0.322. The Kier molecular flexibility index (Phi) is 9.82. The monoisotopic (exact) mass is 489 g/mol. The minimum atomic E-state index is 0.00773. The van der Waals surface area contributed by atoms with Crippen molar-refractivity contribution >= 4 is 0 Å². The van der Waals surface area contributed by atoms with Crippen LogP contribution in [0.4, 0.5) is 4.39 Å². The van der Waals surface area contributed by atoms with Crippen molar-refractivity contribution in [3.05, 3.63) is 82.8 Å². The van der Waals surface area contributed by atoms with Crippen molar-refractivity contribution in [1.82, 2.24) is 4.90 Å². The van der Waals surface area contributed by atoms with Crippen molar-refractivity contribution in [3.63, 3.8) is 0 Å². The van der Waals surface area contributed by atoms with Gasteiger partial charge in [-0.2, -0.15) is 0 Å². The molecule has 1 saturated heterocycles. The topological polar surface area (TPSA) is 3.24 Å². The Labute approximate surface area is 220 Å². The molecular formula is C34H48FN. The van der Waals surface area contributed by atoms with Crippen LogP contribution in [-0.4, -0.2) is 25.0 Å². The normalized spacial score (nSPS) is 26.9. The SMILES string of the molecule is C=CCCC1=C(C2=CC=C(F)CC2)CCC=C1.CN1CCC(CCC2(C)C=C3CCCC3=CC2)CC1. The molecule has 0 N–H and O–H groups in total. The van der Waals surface area contributed by atoms with Crippen LogP contribution in [0.2, 0.25) is 0 Å². The van der Waals surface area contributed by atoms with E-state index in [2.05, 4.69) is 49.8 Å². The summed E-state index contributed by atoms with van der Waals surface area (Å²) in [5.74, 6) is 0.994. The third kappa shape index (κ3) is 7.54. The summed E-state index contributed by atoms with van der Waals surface area (Å²) >= 11 is 0. The molecule has 5 aliphatic rings. The molecule has 1 atom stereocenters. The van der Waals surface area contributed by atoms with Crippen molar-refractivity contribution < 1.29 is 4.39 Å². The molecule has 0 radical (unpaired) electrons. The number of hydrogen-bond acceptors (Lipinski definition) is 1. The highest BCUT2D eigenvalue weighted by Gasteiger charge is 2.29. The van der Waals surface area contributed by atoms with Crippen molar-refractivity contribution in [2.24, 2.45) is 11.3 Å². The summed E-state index contributed by atoms with van der Waals surface area (Å²) in [7, 11) is 2.26. The highest BCUT2D eigenvalue weighted by molar-refractivity contribution is 5.45. The van der Waals surface area contributed by atoms with E-state index in [4.69, 9.17) is 0 Å². The number of allylic oxidation sites excluding steroid dienone is 13. The van der Waals surface area contributed by atoms with Gasteiger partial charge in [0.15, 0.2) is 0 Å². The molecule has 2 fully saturated rings. The van der Waals surface area contributed by atoms with Gasteiger partial charge in [0.2, 0.25) is 0 Å². The van der Waals surface area contributed by atoms with Crippen LogP contribution in [0, 0.1) is 11.3 Å². The first-order chi connectivity index (χ1) is 17.5. The van der Waals surface area contributed by atoms with Crippen molar-refractivity contribution in [2.45, 2.75) is 96.8 Å². The van der Waals surface area contributed by atoms with Crippen LogP contribution in [0.5, 0.6) is 0 Å². The summed E-state index contributed by atoms with van der Waals surface area (Å²) in [6, 6.07) is 0. The number of likely N-dealkylation sites (tertiary alicyclic amines) is 1. The maximum absolute atomic E-state index is 13.0. The van der Waals surface area contributed by atoms with Gasteiger partial charge < -0.3 is 4.90 Å². The maximum atomic E-state index is 13.0. The molecule has 5 rings (SSSR count). The zero-order valence-corrected chi connectivity index (χ0v) is 23.0. The molecule has 2 heteroatoms. The Morgan fingerprint density at radius 2 is 1.86 bits per heavy atom. The number of hydrogen-bond donors (Lipinski definition) is 0. The Balaban J connectivity index is 0.000000170. The number of halogens is 1. The van der Waals surface area contributed by atoms with Gasteiger partial charge >= 0.3 is 0 Å². The van der Waals surface area contributed by atoms with E-state index in [1.807, 2.05) is 12.2 Å². The number of fused-ring (bicyclic) bond motifs is 1. The van der Waals surface area contributed by atoms with Gasteiger partial charge in [-0.05, 0) is 149 Å². The zero-order valence-electron chi connectivity index (χ0n) is 23.0. The molecule has 0 spiro atoms. The average Bonchev–Trinajstić information content (AvgIpc) is 3.36. The summed E-state index contributed by atoms with van der Waals surface area (Å²) in [4.78, 5) is 2.48. The first kappa shape index (κ1) is 27.1. The molecule has 0 aromatic rings. The predicted octanol–water partition coefficient (Wildman–Crippen LogP) is 9.73. The molecule has 4 aliphatic carbocycles. The molecule has 0 aromatic heterocycles. The lowest BCUT2D eigenvalue weighted by Crippen LogP contribution is -2.30. The Morgan fingerprint density at radius 1 is 1.06 bits per heavy atom. The number of rotatable bonds is 7. The van der Waals surface area contributed by atoms with Crippen molar-refractivity contribution in [2.75, 3.05) is 20.1 Å². The van der Waals surface area contributed by atoms with Crippen LogP contribution in [0.3, 0.4) is 0 Å². The molecule has 0 aromatic carbocycles. The van der Waals surface area contributed by atoms with Gasteiger partial charge in [0.1, 0.15) is 5.83 Å². The van der Waals surface area contributed by atoms with Crippen LogP contribution in [-0.2, 0) is 0 Å². The molecule has 1 unspecified atom stereocenters. The largest absolute Gasteiger partial charge is 0.306 e. The lowest BCUT2D eigenvalue weighted by atomic mass is 9.74. The van der Waals surface area contributed by atoms with Gasteiger partial charge in [-0.1, -0.05) is 43.4 Å². The molecular weight excluding hydrogens is 441 g/mol. The lowest BCUT2D eigenvalue weighted by molar-refractivity contribution is 0.197. The molecule has 1 heterocycles. The smallest absolute Gasteiger partial charge is 0.100 e. The highest BCUT2D eigenvalue weighted by Crippen LogP contribution is 2.44. The minimum absolute atomic E-state index is 0.00773. The van der Waals surface area contributed by atoms with E-state index in [1.165, 1.54) is 81.2 Å². The van der Waals surface area contributed by atoms with E-state index in [-0.39, 0.29) is 5.83 Å². The summed E-state index contributed by atoms with van der Waals surface area (Å²) < 4.78 is 13.0. The van der Waals surface area contributed by atoms with Crippen LogP contribution < -0.4 is 0 Å². The van der Waals surface area contributed by atoms with Gasteiger partial charge in [-0.25, -0.2) is 4.39 Å². The van der Waals surface area contributed by atoms with Crippen LogP contribution >= 0.6 is 0 Å². The van der Waals surface area contributed by atoms with E-state index in [0.717, 1.165) is 38.0 Å². The van der Waals surface area contributed by atoms with Gasteiger partial charge in [-0.15, -0.1) is 6.58 Å². The molecule has 1 aliphatic heterocycles. The fourth-order valence-electron chi connectivity index (χ4n) is 6.52. The standard InChI is InChI=1S/C18H29N.C16H19F/c1-18(10-6-15-8-12-19(2)13-9-15)11-7-16-4-3-5-17(16)14-18;1-2-3-6-13-7-4-5-8-16(13)14-9-11-15(17)12-10-14/h7,14-15H,3-6,8-13H2,1-2H3;2,4,7,9,11H,1,3,5-6,8,10,12H2. The van der Waals surface area contributed by atoms with Crippen LogP contribution in [0.15, 0.2) is 82.8 Å². The predicted molar refractivity (Wildman–Crippen MR) is 154 cm³/mol. The van der Waals surface area contributed by atoms with Crippen molar-refractivity contribution in [3.8, 4) is 0 Å². The molecule has 36 heavy (non-hydrogen) atoms. The van der Waals surface area contributed by atoms with Gasteiger partial charge in [0.25, 0.3) is 0 Å². The number of piperidine rings is 1. The lowest BCUT2D eigenvalue weighted by Gasteiger charge is -2.34. The minimum Gasteiger partial charge on any atom is -0.306 e. The summed E-state index contributed by atoms with van der Waals surface area (Å²) in [6.07, 6.45) is 31.9. The number of nitrogens with zero attached hydrogens (tertiary/aromatic N) is 1. The van der Waals surface area contributed by atoms with Crippen LogP contribution in [0.1, 0.15) is 96.8 Å². The third-order valence-electron chi connectivity index (χ3n) is 8.98. The summed E-state index contributed by atoms with van der Waals surface area (Å²) in [5.41, 5.74) is 8.02. The third-order valence-corrected chi connectivity index (χ3v) is 8.98. The van der Waals surface area contributed by atoms with Gasteiger partial charge in [0.05, 0.1) is 0 Å². The first-order valence-electron chi connectivity index (χ1n) is 14.6. The molecule has 0 bridgehead atoms.